The zero-order valence-corrected chi connectivity index (χ0v) is 12.9. The van der Waals surface area contributed by atoms with Gasteiger partial charge in [0.1, 0.15) is 16.4 Å². The molecule has 0 spiro atoms. The van der Waals surface area contributed by atoms with Gasteiger partial charge in [0.25, 0.3) is 0 Å². The van der Waals surface area contributed by atoms with E-state index in [1.165, 1.54) is 11.9 Å². The Morgan fingerprint density at radius 1 is 1.38 bits per heavy atom. The van der Waals surface area contributed by atoms with Crippen molar-refractivity contribution in [2.24, 2.45) is 0 Å². The molecule has 0 aliphatic rings. The summed E-state index contributed by atoms with van der Waals surface area (Å²) in [5.41, 5.74) is 0.425. The van der Waals surface area contributed by atoms with Crippen molar-refractivity contribution in [1.29, 1.82) is 0 Å². The summed E-state index contributed by atoms with van der Waals surface area (Å²) in [6.45, 7) is 3.85. The van der Waals surface area contributed by atoms with Crippen molar-refractivity contribution in [3.8, 4) is 0 Å². The van der Waals surface area contributed by atoms with Crippen LogP contribution in [0.5, 0.6) is 0 Å². The normalized spacial score (nSPS) is 10.0. The monoisotopic (exact) mass is 314 g/mol. The molecule has 0 bridgehead atoms. The first-order valence-electron chi connectivity index (χ1n) is 6.32. The topological polar surface area (TPSA) is 112 Å². The van der Waals surface area contributed by atoms with Crippen LogP contribution in [0.3, 0.4) is 0 Å². The number of aryl methyl sites for hydroxylation is 1. The Hall–Kier alpha value is -2.16. The number of carbonyl (C=O) groups is 3. The number of hydrogen-bond donors (Lipinski definition) is 3. The number of amides is 3. The van der Waals surface area contributed by atoms with E-state index in [4.69, 9.17) is 5.11 Å². The Bertz CT molecular complexity index is 543. The molecule has 21 heavy (non-hydrogen) atoms. The highest BCUT2D eigenvalue weighted by atomic mass is 32.1. The van der Waals surface area contributed by atoms with Crippen LogP contribution in [0.15, 0.2) is 0 Å². The highest BCUT2D eigenvalue weighted by Gasteiger charge is 2.17. The maximum Gasteiger partial charge on any atom is 0.347 e. The molecule has 1 aromatic heterocycles. The van der Waals surface area contributed by atoms with E-state index in [0.717, 1.165) is 11.3 Å². The molecule has 0 aliphatic heterocycles. The molecule has 1 aromatic rings. The first kappa shape index (κ1) is 16.9. The van der Waals surface area contributed by atoms with E-state index in [1.807, 2.05) is 0 Å². The fraction of sp³-hybridized carbons (Fsp3) is 0.500. The average Bonchev–Trinajstić information content (AvgIpc) is 2.83. The van der Waals surface area contributed by atoms with Gasteiger partial charge in [-0.2, -0.15) is 0 Å². The Morgan fingerprint density at radius 3 is 2.52 bits per heavy atom. The van der Waals surface area contributed by atoms with Crippen LogP contribution in [0.1, 0.15) is 27.3 Å². The standard InChI is InChI=1S/C12H18N4O4S/c1-4-16(6-8(17)13-3)12(20)14-5-9-15-7(2)10(21-9)11(18)19/h4-6H2,1-3H3,(H,13,17)(H,14,20)(H,18,19). The minimum absolute atomic E-state index is 0.0316. The number of urea groups is 1. The van der Waals surface area contributed by atoms with E-state index in [-0.39, 0.29) is 23.9 Å². The van der Waals surface area contributed by atoms with Crippen molar-refractivity contribution in [2.45, 2.75) is 20.4 Å². The molecule has 0 atom stereocenters. The van der Waals surface area contributed by atoms with Crippen molar-refractivity contribution in [2.75, 3.05) is 20.1 Å². The summed E-state index contributed by atoms with van der Waals surface area (Å²) in [7, 11) is 1.50. The third kappa shape index (κ3) is 4.71. The fourth-order valence-electron chi connectivity index (χ4n) is 1.57. The number of likely N-dealkylation sites (N-methyl/N-ethyl adjacent to an activating group) is 2. The summed E-state index contributed by atoms with van der Waals surface area (Å²) in [6, 6.07) is -0.397. The molecule has 0 unspecified atom stereocenters. The van der Waals surface area contributed by atoms with Crippen molar-refractivity contribution < 1.29 is 19.5 Å². The number of carbonyl (C=O) groups excluding carboxylic acids is 2. The Labute approximate surface area is 126 Å². The quantitative estimate of drug-likeness (QED) is 0.705. The molecule has 0 aliphatic carbocycles. The lowest BCUT2D eigenvalue weighted by Gasteiger charge is -2.19. The maximum atomic E-state index is 11.9. The second-order valence-electron chi connectivity index (χ2n) is 4.17. The van der Waals surface area contributed by atoms with Gasteiger partial charge in [-0.05, 0) is 13.8 Å². The van der Waals surface area contributed by atoms with Gasteiger partial charge in [-0.25, -0.2) is 14.6 Å². The molecular weight excluding hydrogens is 296 g/mol. The fourth-order valence-corrected chi connectivity index (χ4v) is 2.41. The summed E-state index contributed by atoms with van der Waals surface area (Å²) in [6.07, 6.45) is 0. The van der Waals surface area contributed by atoms with Gasteiger partial charge in [0.2, 0.25) is 5.91 Å². The van der Waals surface area contributed by atoms with Gasteiger partial charge in [0, 0.05) is 13.6 Å². The largest absolute Gasteiger partial charge is 0.477 e. The van der Waals surface area contributed by atoms with E-state index in [2.05, 4.69) is 15.6 Å². The van der Waals surface area contributed by atoms with Gasteiger partial charge in [0.15, 0.2) is 0 Å². The summed E-state index contributed by atoms with van der Waals surface area (Å²) < 4.78 is 0. The smallest absolute Gasteiger partial charge is 0.347 e. The second-order valence-corrected chi connectivity index (χ2v) is 5.26. The number of carboxylic acid groups (broad SMARTS) is 1. The summed E-state index contributed by atoms with van der Waals surface area (Å²) in [5.74, 6) is -1.29. The Kier molecular flexibility index (Phi) is 6.10. The molecule has 8 nitrogen and oxygen atoms in total. The molecule has 9 heteroatoms. The van der Waals surface area contributed by atoms with E-state index in [9.17, 15) is 14.4 Å². The molecule has 0 radical (unpaired) electrons. The van der Waals surface area contributed by atoms with E-state index < -0.39 is 12.0 Å². The summed E-state index contributed by atoms with van der Waals surface area (Å²) >= 11 is 1.02. The van der Waals surface area contributed by atoms with Gasteiger partial charge < -0.3 is 20.6 Å². The minimum Gasteiger partial charge on any atom is -0.477 e. The molecule has 1 rings (SSSR count). The van der Waals surface area contributed by atoms with Crippen molar-refractivity contribution in [3.05, 3.63) is 15.6 Å². The number of nitrogens with one attached hydrogen (secondary N) is 2. The lowest BCUT2D eigenvalue weighted by atomic mass is 10.4. The van der Waals surface area contributed by atoms with E-state index in [1.54, 1.807) is 13.8 Å². The van der Waals surface area contributed by atoms with Crippen LogP contribution >= 0.6 is 11.3 Å². The number of aromatic nitrogens is 1. The average molecular weight is 314 g/mol. The van der Waals surface area contributed by atoms with Gasteiger partial charge in [-0.3, -0.25) is 4.79 Å². The molecule has 1 heterocycles. The lowest BCUT2D eigenvalue weighted by Crippen LogP contribution is -2.44. The molecule has 3 N–H and O–H groups in total. The van der Waals surface area contributed by atoms with Crippen molar-refractivity contribution in [3.63, 3.8) is 0 Å². The number of thiazole rings is 1. The minimum atomic E-state index is -1.03. The van der Waals surface area contributed by atoms with E-state index in [0.29, 0.717) is 17.2 Å². The van der Waals surface area contributed by atoms with Crippen LogP contribution in [0, 0.1) is 6.92 Å². The first-order valence-corrected chi connectivity index (χ1v) is 7.13. The highest BCUT2D eigenvalue weighted by molar-refractivity contribution is 7.13. The Morgan fingerprint density at radius 2 is 2.05 bits per heavy atom. The predicted octanol–water partition coefficient (Wildman–Crippen LogP) is 0.427. The van der Waals surface area contributed by atoms with Gasteiger partial charge in [0.05, 0.1) is 12.2 Å². The highest BCUT2D eigenvalue weighted by Crippen LogP contribution is 2.17. The van der Waals surface area contributed by atoms with Gasteiger partial charge in [-0.1, -0.05) is 0 Å². The van der Waals surface area contributed by atoms with Crippen molar-refractivity contribution in [1.82, 2.24) is 20.5 Å². The maximum absolute atomic E-state index is 11.9. The van der Waals surface area contributed by atoms with Crippen LogP contribution in [0.25, 0.3) is 0 Å². The summed E-state index contributed by atoms with van der Waals surface area (Å²) in [5, 5.41) is 14.5. The molecule has 116 valence electrons. The number of rotatable bonds is 6. The predicted molar refractivity (Wildman–Crippen MR) is 77.4 cm³/mol. The first-order chi connectivity index (χ1) is 9.88. The van der Waals surface area contributed by atoms with Crippen LogP contribution in [0.2, 0.25) is 0 Å². The van der Waals surface area contributed by atoms with Crippen molar-refractivity contribution >= 4 is 29.2 Å². The van der Waals surface area contributed by atoms with Gasteiger partial charge >= 0.3 is 12.0 Å². The third-order valence-corrected chi connectivity index (χ3v) is 3.85. The number of nitrogens with zero attached hydrogens (tertiary/aromatic N) is 2. The molecule has 0 saturated heterocycles. The molecule has 0 aromatic carbocycles. The molecular formula is C12H18N4O4S. The SMILES string of the molecule is CCN(CC(=O)NC)C(=O)NCc1nc(C)c(C(=O)O)s1. The molecule has 0 saturated carbocycles. The van der Waals surface area contributed by atoms with Crippen LogP contribution < -0.4 is 10.6 Å². The van der Waals surface area contributed by atoms with E-state index >= 15 is 0 Å². The zero-order chi connectivity index (χ0) is 16.0. The molecule has 0 fully saturated rings. The van der Waals surface area contributed by atoms with Crippen LogP contribution in [0.4, 0.5) is 4.79 Å². The van der Waals surface area contributed by atoms with Crippen LogP contribution in [-0.2, 0) is 11.3 Å². The molecule has 3 amide bonds. The third-order valence-electron chi connectivity index (χ3n) is 2.71. The number of aromatic carboxylic acids is 1. The summed E-state index contributed by atoms with van der Waals surface area (Å²) in [4.78, 5) is 39.7. The zero-order valence-electron chi connectivity index (χ0n) is 12.1. The second kappa shape index (κ2) is 7.58. The van der Waals surface area contributed by atoms with Crippen LogP contribution in [-0.4, -0.2) is 53.0 Å². The number of hydrogen-bond acceptors (Lipinski definition) is 5. The van der Waals surface area contributed by atoms with Gasteiger partial charge in [-0.15, -0.1) is 11.3 Å². The Balaban J connectivity index is 2.61. The number of carboxylic acids is 1. The lowest BCUT2D eigenvalue weighted by molar-refractivity contribution is -0.121.